The number of aliphatic imine (C=N–C) groups is 2. The highest BCUT2D eigenvalue weighted by molar-refractivity contribution is 9.12. The van der Waals surface area contributed by atoms with Crippen LogP contribution in [0, 0.1) is 0 Å². The average Bonchev–Trinajstić information content (AvgIpc) is 3.01. The number of nitrogens with zero attached hydrogens (tertiary/aromatic N) is 4. The summed E-state index contributed by atoms with van der Waals surface area (Å²) in [6.07, 6.45) is 12.0. The summed E-state index contributed by atoms with van der Waals surface area (Å²) >= 11 is 3.61. The highest BCUT2D eigenvalue weighted by Gasteiger charge is 2.33. The lowest BCUT2D eigenvalue weighted by Gasteiger charge is -2.43. The molecule has 1 saturated heterocycles. The Bertz CT molecular complexity index is 751. The predicted molar refractivity (Wildman–Crippen MR) is 139 cm³/mol. The van der Waals surface area contributed by atoms with E-state index >= 15 is 0 Å². The third kappa shape index (κ3) is 8.87. The molecule has 33 heavy (non-hydrogen) atoms. The van der Waals surface area contributed by atoms with E-state index in [1.54, 1.807) is 0 Å². The number of amidine groups is 1. The van der Waals surface area contributed by atoms with Crippen LogP contribution in [0.4, 0.5) is 0 Å². The van der Waals surface area contributed by atoms with E-state index in [9.17, 15) is 4.79 Å². The van der Waals surface area contributed by atoms with Crippen molar-refractivity contribution in [3.05, 3.63) is 22.5 Å². The molecule has 0 aromatic heterocycles. The smallest absolute Gasteiger partial charge is 0.248 e. The third-order valence-corrected chi connectivity index (χ3v) is 7.16. The van der Waals surface area contributed by atoms with Crippen LogP contribution in [-0.2, 0) is 9.53 Å². The third-order valence-electron chi connectivity index (χ3n) is 6.58. The van der Waals surface area contributed by atoms with Gasteiger partial charge in [-0.25, -0.2) is 4.99 Å². The number of halogens is 1. The first kappa shape index (κ1) is 27.5. The highest BCUT2D eigenvalue weighted by Crippen LogP contribution is 2.24. The predicted octanol–water partition coefficient (Wildman–Crippen LogP) is 3.15. The second kappa shape index (κ2) is 14.5. The molecule has 9 heteroatoms. The van der Waals surface area contributed by atoms with E-state index in [4.69, 9.17) is 10.5 Å². The summed E-state index contributed by atoms with van der Waals surface area (Å²) in [6, 6.07) is 0.403. The van der Waals surface area contributed by atoms with Gasteiger partial charge in [-0.05, 0) is 48.5 Å². The topological polar surface area (TPSA) is 92.3 Å². The van der Waals surface area contributed by atoms with Crippen molar-refractivity contribution in [2.24, 2.45) is 15.7 Å². The Morgan fingerprint density at radius 1 is 1.42 bits per heavy atom. The van der Waals surface area contributed by atoms with Crippen LogP contribution >= 0.6 is 15.9 Å². The van der Waals surface area contributed by atoms with E-state index in [0.29, 0.717) is 31.6 Å². The van der Waals surface area contributed by atoms with Crippen LogP contribution in [0.3, 0.4) is 0 Å². The van der Waals surface area contributed by atoms with Crippen molar-refractivity contribution in [1.82, 2.24) is 10.2 Å². The summed E-state index contributed by atoms with van der Waals surface area (Å²) in [6.45, 7) is 9.73. The fraction of sp³-hybridized carbons (Fsp3) is 0.708. The summed E-state index contributed by atoms with van der Waals surface area (Å²) in [4.78, 5) is 22.7. The number of carbonyl (C=O) groups is 1. The fourth-order valence-electron chi connectivity index (χ4n) is 4.30. The quantitative estimate of drug-likeness (QED) is 0.187. The lowest BCUT2D eigenvalue weighted by molar-refractivity contribution is -0.928. The number of likely N-dealkylation sites (N-methyl/N-ethyl adjacent to an activating group) is 1. The molecule has 0 bridgehead atoms. The Kier molecular flexibility index (Phi) is 12.1. The number of amides is 1. The van der Waals surface area contributed by atoms with Crippen LogP contribution in [-0.4, -0.2) is 86.5 Å². The van der Waals surface area contributed by atoms with E-state index in [-0.39, 0.29) is 12.5 Å². The van der Waals surface area contributed by atoms with Crippen LogP contribution in [0.15, 0.2) is 32.4 Å². The first-order valence-corrected chi connectivity index (χ1v) is 13.0. The summed E-state index contributed by atoms with van der Waals surface area (Å²) < 4.78 is 7.10. The van der Waals surface area contributed by atoms with Crippen molar-refractivity contribution in [3.63, 3.8) is 0 Å². The van der Waals surface area contributed by atoms with E-state index in [1.165, 1.54) is 44.4 Å². The summed E-state index contributed by atoms with van der Waals surface area (Å²) in [7, 11) is 2.36. The van der Waals surface area contributed by atoms with Crippen molar-refractivity contribution in [1.29, 1.82) is 0 Å². The highest BCUT2D eigenvalue weighted by atomic mass is 79.9. The zero-order valence-corrected chi connectivity index (χ0v) is 22.1. The Labute approximate surface area is 207 Å². The zero-order chi connectivity index (χ0) is 24.1. The molecule has 0 aromatic carbocycles. The molecule has 0 aromatic rings. The maximum absolute atomic E-state index is 12.0. The summed E-state index contributed by atoms with van der Waals surface area (Å²) in [5, 5.41) is 3.48. The zero-order valence-electron chi connectivity index (χ0n) is 20.6. The van der Waals surface area contributed by atoms with E-state index in [2.05, 4.69) is 58.2 Å². The van der Waals surface area contributed by atoms with Crippen LogP contribution < -0.4 is 11.1 Å². The number of unbranched alkanes of at least 4 members (excludes halogenated alkanes) is 2. The van der Waals surface area contributed by atoms with Gasteiger partial charge < -0.3 is 25.2 Å². The van der Waals surface area contributed by atoms with Crippen LogP contribution in [0.5, 0.6) is 0 Å². The largest absolute Gasteiger partial charge is 0.390 e. The number of nitrogens with two attached hydrogens (primary N) is 1. The number of quaternary nitrogens is 1. The van der Waals surface area contributed by atoms with Gasteiger partial charge in [-0.1, -0.05) is 19.4 Å². The van der Waals surface area contributed by atoms with Crippen molar-refractivity contribution < 1.29 is 14.0 Å². The Hall–Kier alpha value is -1.71. The molecule has 1 fully saturated rings. The first-order valence-electron chi connectivity index (χ1n) is 12.2. The molecule has 186 valence electrons. The number of nitrogens with one attached hydrogen (secondary N) is 1. The fourth-order valence-corrected chi connectivity index (χ4v) is 4.64. The molecule has 8 nitrogen and oxygen atoms in total. The van der Waals surface area contributed by atoms with Crippen LogP contribution in [0.2, 0.25) is 0 Å². The van der Waals surface area contributed by atoms with Gasteiger partial charge in [-0.15, -0.1) is 0 Å². The summed E-state index contributed by atoms with van der Waals surface area (Å²) in [5.74, 6) is 0.594. The van der Waals surface area contributed by atoms with E-state index in [1.807, 2.05) is 11.1 Å². The van der Waals surface area contributed by atoms with Gasteiger partial charge in [0.05, 0.1) is 36.7 Å². The monoisotopic (exact) mass is 525 g/mol. The maximum atomic E-state index is 12.0. The molecule has 2 atom stereocenters. The second-order valence-electron chi connectivity index (χ2n) is 9.02. The minimum absolute atomic E-state index is 0.0527. The van der Waals surface area contributed by atoms with Crippen molar-refractivity contribution in [2.75, 3.05) is 53.0 Å². The second-order valence-corrected chi connectivity index (χ2v) is 9.87. The molecular formula is C24H42BrN6O2+. The maximum Gasteiger partial charge on any atom is 0.248 e. The average molecular weight is 527 g/mol. The minimum atomic E-state index is 0.0527. The van der Waals surface area contributed by atoms with Gasteiger partial charge in [0.1, 0.15) is 12.6 Å². The Morgan fingerprint density at radius 2 is 2.24 bits per heavy atom. The van der Waals surface area contributed by atoms with Crippen molar-refractivity contribution >= 4 is 34.0 Å². The molecule has 0 saturated carbocycles. The molecule has 2 aliphatic heterocycles. The van der Waals surface area contributed by atoms with Crippen LogP contribution in [0.25, 0.3) is 0 Å². The number of hydrogen-bond donors (Lipinski definition) is 2. The molecule has 2 aliphatic rings. The molecule has 0 spiro atoms. The van der Waals surface area contributed by atoms with Gasteiger partial charge in [0.2, 0.25) is 5.91 Å². The van der Waals surface area contributed by atoms with Crippen molar-refractivity contribution in [3.8, 4) is 0 Å². The van der Waals surface area contributed by atoms with Gasteiger partial charge in [-0.2, -0.15) is 0 Å². The minimum Gasteiger partial charge on any atom is -0.390 e. The normalized spacial score (nSPS) is 25.3. The summed E-state index contributed by atoms with van der Waals surface area (Å²) in [5.41, 5.74) is 6.79. The molecule has 0 radical (unpaired) electrons. The van der Waals surface area contributed by atoms with E-state index < -0.39 is 0 Å². The molecule has 0 aliphatic carbocycles. The van der Waals surface area contributed by atoms with Gasteiger partial charge in [-0.3, -0.25) is 9.79 Å². The Morgan fingerprint density at radius 3 is 3.00 bits per heavy atom. The molecular weight excluding hydrogens is 484 g/mol. The molecule has 1 amide bonds. The van der Waals surface area contributed by atoms with Crippen LogP contribution in [0.1, 0.15) is 52.4 Å². The molecule has 2 rings (SSSR count). The molecule has 3 N–H and O–H groups in total. The van der Waals surface area contributed by atoms with Gasteiger partial charge in [0.25, 0.3) is 0 Å². The van der Waals surface area contributed by atoms with E-state index in [0.717, 1.165) is 34.8 Å². The van der Waals surface area contributed by atoms with Gasteiger partial charge in [0.15, 0.2) is 5.84 Å². The number of ether oxygens (including phenoxy) is 1. The lowest BCUT2D eigenvalue weighted by Crippen LogP contribution is -2.56. The van der Waals surface area contributed by atoms with Crippen molar-refractivity contribution in [2.45, 2.75) is 58.4 Å². The number of hydrogen-bond acceptors (Lipinski definition) is 4. The SMILES string of the molecule is CCCCC[N+]1(C)CCC=C(N/C=C(/Br)C(N=CN)=NCCCN2CCCOCC2=O)C1C. The standard InChI is InChI=1S/C24H42BrN6O2/c1-4-5-6-14-31(3)15-7-10-22(20(31)2)28-17-21(25)24(29-19-26)27-11-8-12-30-13-9-16-33-18-23(30)32/h10,17,19-20,28H,4-9,11-16,18H2,1-3H3,(H2,26,27,29)/q+1/b21-17+. The Balaban J connectivity index is 1.93. The molecule has 2 unspecified atom stereocenters. The first-order chi connectivity index (χ1) is 15.9. The number of carbonyl (C=O) groups excluding carboxylic acids is 1. The lowest BCUT2D eigenvalue weighted by atomic mass is 10.0. The van der Waals surface area contributed by atoms with Gasteiger partial charge >= 0.3 is 0 Å². The van der Waals surface area contributed by atoms with Gasteiger partial charge in [0, 0.05) is 38.9 Å². The number of rotatable bonds is 11. The molecule has 2 heterocycles.